The van der Waals surface area contributed by atoms with E-state index < -0.39 is 4.92 Å². The normalized spacial score (nSPS) is 11.3. The molecule has 22 heavy (non-hydrogen) atoms. The molecule has 0 unspecified atom stereocenters. The van der Waals surface area contributed by atoms with Crippen molar-refractivity contribution in [1.29, 1.82) is 0 Å². The number of aryl methyl sites for hydroxylation is 1. The summed E-state index contributed by atoms with van der Waals surface area (Å²) in [5.74, 6) is 0. The summed E-state index contributed by atoms with van der Waals surface area (Å²) < 4.78 is 4.14. The smallest absolute Gasteiger partial charge is 0.269 e. The van der Waals surface area contributed by atoms with E-state index in [1.54, 1.807) is 23.0 Å². The maximum absolute atomic E-state index is 10.6. The second-order valence-corrected chi connectivity index (χ2v) is 5.10. The molecular formula is C15H12N4O2S. The van der Waals surface area contributed by atoms with Gasteiger partial charge < -0.3 is 4.57 Å². The van der Waals surface area contributed by atoms with Crippen molar-refractivity contribution < 1.29 is 4.92 Å². The second kappa shape index (κ2) is 5.53. The molecule has 2 aromatic carbocycles. The Labute approximate surface area is 131 Å². The number of hydrogen-bond acceptors (Lipinski definition) is 4. The van der Waals surface area contributed by atoms with Crippen molar-refractivity contribution in [2.45, 2.75) is 0 Å². The molecule has 0 amide bonds. The minimum atomic E-state index is -0.429. The predicted molar refractivity (Wildman–Crippen MR) is 87.8 cm³/mol. The first-order valence-corrected chi connectivity index (χ1v) is 6.94. The first-order chi connectivity index (χ1) is 10.6. The lowest BCUT2D eigenvalue weighted by molar-refractivity contribution is -0.384. The van der Waals surface area contributed by atoms with Crippen LogP contribution >= 0.6 is 12.2 Å². The zero-order valence-electron chi connectivity index (χ0n) is 11.7. The number of para-hydroxylation sites is 2. The number of nitro groups is 1. The molecule has 1 aromatic heterocycles. The van der Waals surface area contributed by atoms with E-state index >= 15 is 0 Å². The summed E-state index contributed by atoms with van der Waals surface area (Å²) in [6, 6.07) is 14.0. The van der Waals surface area contributed by atoms with Crippen LogP contribution in [0.3, 0.4) is 0 Å². The Morgan fingerprint density at radius 2 is 1.77 bits per heavy atom. The average Bonchev–Trinajstić information content (AvgIpc) is 2.78. The fraction of sp³-hybridized carbons (Fsp3) is 0.0667. The standard InChI is InChI=1S/C15H12N4O2S/c1-17-13-4-2-3-5-14(13)18(15(17)22)16-10-11-6-8-12(9-7-11)19(20)21/h2-10H,1H3/b16-10-. The molecule has 3 rings (SSSR count). The van der Waals surface area contributed by atoms with Crippen LogP contribution in [-0.2, 0) is 7.05 Å². The molecule has 0 aliphatic carbocycles. The minimum Gasteiger partial charge on any atom is -0.318 e. The highest BCUT2D eigenvalue weighted by molar-refractivity contribution is 7.71. The molecular weight excluding hydrogens is 300 g/mol. The lowest BCUT2D eigenvalue weighted by atomic mass is 10.2. The van der Waals surface area contributed by atoms with Crippen molar-refractivity contribution in [1.82, 2.24) is 9.24 Å². The van der Waals surface area contributed by atoms with Crippen molar-refractivity contribution >= 4 is 35.2 Å². The summed E-state index contributed by atoms with van der Waals surface area (Å²) in [6.45, 7) is 0. The Morgan fingerprint density at radius 3 is 2.41 bits per heavy atom. The first kappa shape index (κ1) is 14.2. The number of benzene rings is 2. The molecule has 3 aromatic rings. The Kier molecular flexibility index (Phi) is 3.56. The van der Waals surface area contributed by atoms with E-state index in [1.807, 2.05) is 35.9 Å². The van der Waals surface area contributed by atoms with Crippen LogP contribution in [0.1, 0.15) is 5.56 Å². The Balaban J connectivity index is 2.01. The highest BCUT2D eigenvalue weighted by Crippen LogP contribution is 2.16. The quantitative estimate of drug-likeness (QED) is 0.322. The van der Waals surface area contributed by atoms with Gasteiger partial charge in [0.1, 0.15) is 0 Å². The molecule has 0 N–H and O–H groups in total. The molecule has 0 spiro atoms. The zero-order chi connectivity index (χ0) is 15.7. The highest BCUT2D eigenvalue weighted by Gasteiger charge is 2.06. The number of aromatic nitrogens is 2. The van der Waals surface area contributed by atoms with Gasteiger partial charge >= 0.3 is 0 Å². The van der Waals surface area contributed by atoms with Gasteiger partial charge in [-0.1, -0.05) is 12.1 Å². The Hall–Kier alpha value is -2.80. The van der Waals surface area contributed by atoms with Crippen molar-refractivity contribution in [3.63, 3.8) is 0 Å². The van der Waals surface area contributed by atoms with E-state index in [1.165, 1.54) is 12.1 Å². The third-order valence-electron chi connectivity index (χ3n) is 3.37. The lowest BCUT2D eigenvalue weighted by Crippen LogP contribution is -1.93. The highest BCUT2D eigenvalue weighted by atomic mass is 32.1. The van der Waals surface area contributed by atoms with Crippen molar-refractivity contribution in [2.75, 3.05) is 0 Å². The summed E-state index contributed by atoms with van der Waals surface area (Å²) in [7, 11) is 1.89. The number of hydrogen-bond donors (Lipinski definition) is 0. The molecule has 0 saturated heterocycles. The van der Waals surface area contributed by atoms with Gasteiger partial charge in [-0.25, -0.2) is 4.68 Å². The van der Waals surface area contributed by atoms with Crippen LogP contribution in [0.5, 0.6) is 0 Å². The van der Waals surface area contributed by atoms with Crippen molar-refractivity contribution in [3.05, 3.63) is 69.0 Å². The van der Waals surface area contributed by atoms with Crippen LogP contribution in [-0.4, -0.2) is 20.4 Å². The molecule has 0 fully saturated rings. The van der Waals surface area contributed by atoms with Crippen LogP contribution in [0.2, 0.25) is 0 Å². The van der Waals surface area contributed by atoms with Gasteiger partial charge in [0, 0.05) is 19.2 Å². The monoisotopic (exact) mass is 312 g/mol. The molecule has 0 radical (unpaired) electrons. The number of rotatable bonds is 3. The van der Waals surface area contributed by atoms with Gasteiger partial charge in [-0.2, -0.15) is 5.10 Å². The number of non-ortho nitro benzene ring substituents is 1. The number of imidazole rings is 1. The molecule has 0 bridgehead atoms. The Bertz CT molecular complexity index is 938. The summed E-state index contributed by atoms with van der Waals surface area (Å²) in [6.07, 6.45) is 1.63. The fourth-order valence-electron chi connectivity index (χ4n) is 2.19. The maximum Gasteiger partial charge on any atom is 0.269 e. The third-order valence-corrected chi connectivity index (χ3v) is 3.81. The van der Waals surface area contributed by atoms with E-state index in [9.17, 15) is 10.1 Å². The topological polar surface area (TPSA) is 65.4 Å². The van der Waals surface area contributed by atoms with E-state index in [2.05, 4.69) is 5.10 Å². The second-order valence-electron chi connectivity index (χ2n) is 4.74. The molecule has 6 nitrogen and oxygen atoms in total. The molecule has 0 aliphatic rings. The molecule has 0 aliphatic heterocycles. The van der Waals surface area contributed by atoms with Gasteiger partial charge in [0.05, 0.1) is 22.2 Å². The number of nitrogens with zero attached hydrogens (tertiary/aromatic N) is 4. The van der Waals surface area contributed by atoms with Crippen LogP contribution in [0.4, 0.5) is 5.69 Å². The number of nitro benzene ring substituents is 1. The predicted octanol–water partition coefficient (Wildman–Crippen LogP) is 3.50. The lowest BCUT2D eigenvalue weighted by Gasteiger charge is -1.96. The fourth-order valence-corrected chi connectivity index (χ4v) is 2.44. The van der Waals surface area contributed by atoms with E-state index in [0.29, 0.717) is 4.77 Å². The minimum absolute atomic E-state index is 0.0546. The first-order valence-electron chi connectivity index (χ1n) is 6.53. The van der Waals surface area contributed by atoms with E-state index in [4.69, 9.17) is 12.2 Å². The van der Waals surface area contributed by atoms with Gasteiger partial charge in [0.2, 0.25) is 4.77 Å². The van der Waals surface area contributed by atoms with Crippen LogP contribution in [0.15, 0.2) is 53.6 Å². The molecule has 110 valence electrons. The SMILES string of the molecule is Cn1c(=S)n(/N=C\c2ccc([N+](=O)[O-])cc2)c2ccccc21. The third kappa shape index (κ3) is 2.42. The van der Waals surface area contributed by atoms with Crippen LogP contribution < -0.4 is 0 Å². The van der Waals surface area contributed by atoms with Crippen molar-refractivity contribution in [2.24, 2.45) is 12.1 Å². The summed E-state index contributed by atoms with van der Waals surface area (Å²) >= 11 is 5.39. The number of fused-ring (bicyclic) bond motifs is 1. The van der Waals surface area contributed by atoms with E-state index in [0.717, 1.165) is 16.6 Å². The summed E-state index contributed by atoms with van der Waals surface area (Å²) in [4.78, 5) is 10.2. The molecule has 1 heterocycles. The van der Waals surface area contributed by atoms with Gasteiger partial charge in [0.15, 0.2) is 0 Å². The Morgan fingerprint density at radius 1 is 1.14 bits per heavy atom. The van der Waals surface area contributed by atoms with E-state index in [-0.39, 0.29) is 5.69 Å². The average molecular weight is 312 g/mol. The van der Waals surface area contributed by atoms with Gasteiger partial charge in [-0.05, 0) is 42.0 Å². The molecule has 0 atom stereocenters. The van der Waals surface area contributed by atoms with Gasteiger partial charge in [0.25, 0.3) is 5.69 Å². The van der Waals surface area contributed by atoms with Crippen LogP contribution in [0, 0.1) is 14.9 Å². The van der Waals surface area contributed by atoms with Crippen molar-refractivity contribution in [3.8, 4) is 0 Å². The largest absolute Gasteiger partial charge is 0.318 e. The maximum atomic E-state index is 10.6. The molecule has 0 saturated carbocycles. The molecule has 7 heteroatoms. The summed E-state index contributed by atoms with van der Waals surface area (Å²) in [5.41, 5.74) is 2.72. The van der Waals surface area contributed by atoms with Gasteiger partial charge in [-0.3, -0.25) is 10.1 Å². The zero-order valence-corrected chi connectivity index (χ0v) is 12.5. The van der Waals surface area contributed by atoms with Gasteiger partial charge in [-0.15, -0.1) is 0 Å². The summed E-state index contributed by atoms with van der Waals surface area (Å²) in [5, 5.41) is 15.0. The van der Waals surface area contributed by atoms with Crippen LogP contribution in [0.25, 0.3) is 11.0 Å².